The average molecular weight is 329 g/mol. The molecule has 0 aliphatic heterocycles. The molecule has 0 radical (unpaired) electrons. The van der Waals surface area contributed by atoms with Gasteiger partial charge < -0.3 is 16.0 Å². The molecule has 1 aromatic rings. The van der Waals surface area contributed by atoms with Gasteiger partial charge >= 0.3 is 0 Å². The van der Waals surface area contributed by atoms with Crippen molar-refractivity contribution in [2.24, 2.45) is 23.5 Å². The summed E-state index contributed by atoms with van der Waals surface area (Å²) in [5.74, 6) is 0.973. The molecule has 130 valence electrons. The summed E-state index contributed by atoms with van der Waals surface area (Å²) < 4.78 is 0. The summed E-state index contributed by atoms with van der Waals surface area (Å²) in [5, 5.41) is 3.05. The average Bonchev–Trinajstić information content (AvgIpc) is 2.54. The predicted molar refractivity (Wildman–Crippen MR) is 95.7 cm³/mol. The van der Waals surface area contributed by atoms with Crippen molar-refractivity contribution < 1.29 is 9.59 Å². The summed E-state index contributed by atoms with van der Waals surface area (Å²) >= 11 is 0. The van der Waals surface area contributed by atoms with Crippen molar-refractivity contribution in [2.45, 2.75) is 45.1 Å². The molecule has 2 amide bonds. The minimum Gasteiger partial charge on any atom is -0.327 e. The third kappa shape index (κ3) is 3.31. The van der Waals surface area contributed by atoms with Crippen LogP contribution in [0.25, 0.3) is 0 Å². The Morgan fingerprint density at radius 1 is 1.17 bits per heavy atom. The molecule has 2 aliphatic carbocycles. The van der Waals surface area contributed by atoms with Gasteiger partial charge in [-0.1, -0.05) is 18.6 Å². The minimum absolute atomic E-state index is 0.0239. The molecular weight excluding hydrogens is 302 g/mol. The van der Waals surface area contributed by atoms with Crippen molar-refractivity contribution in [1.29, 1.82) is 0 Å². The van der Waals surface area contributed by atoms with E-state index in [-0.39, 0.29) is 23.8 Å². The van der Waals surface area contributed by atoms with Crippen molar-refractivity contribution >= 4 is 23.2 Å². The van der Waals surface area contributed by atoms with Crippen LogP contribution in [0.3, 0.4) is 0 Å². The molecular formula is C19H27N3O2. The van der Waals surface area contributed by atoms with E-state index in [9.17, 15) is 9.59 Å². The molecule has 5 heteroatoms. The van der Waals surface area contributed by atoms with Crippen molar-refractivity contribution in [1.82, 2.24) is 0 Å². The lowest BCUT2D eigenvalue weighted by Gasteiger charge is -2.43. The van der Waals surface area contributed by atoms with E-state index in [1.165, 1.54) is 13.3 Å². The Bertz CT molecular complexity index is 617. The number of hydrogen-bond donors (Lipinski definition) is 2. The van der Waals surface area contributed by atoms with E-state index in [1.807, 2.05) is 24.3 Å². The van der Waals surface area contributed by atoms with Crippen molar-refractivity contribution in [3.63, 3.8) is 0 Å². The second kappa shape index (κ2) is 6.93. The molecule has 2 aliphatic rings. The molecule has 0 saturated heterocycles. The molecule has 3 N–H and O–H groups in total. The third-order valence-corrected chi connectivity index (χ3v) is 5.78. The lowest BCUT2D eigenvalue weighted by molar-refractivity contribution is -0.122. The molecule has 2 bridgehead atoms. The first-order chi connectivity index (χ1) is 11.5. The highest BCUT2D eigenvalue weighted by atomic mass is 16.2. The highest BCUT2D eigenvalue weighted by Crippen LogP contribution is 2.42. The van der Waals surface area contributed by atoms with Crippen LogP contribution in [0.15, 0.2) is 24.3 Å². The first-order valence-corrected chi connectivity index (χ1v) is 8.87. The van der Waals surface area contributed by atoms with Crippen molar-refractivity contribution in [2.75, 3.05) is 17.3 Å². The Kier molecular flexibility index (Phi) is 4.90. The Labute approximate surface area is 143 Å². The van der Waals surface area contributed by atoms with Gasteiger partial charge in [0.05, 0.1) is 11.4 Å². The smallest absolute Gasteiger partial charge is 0.227 e. The van der Waals surface area contributed by atoms with Gasteiger partial charge in [-0.25, -0.2) is 0 Å². The van der Waals surface area contributed by atoms with Gasteiger partial charge in [0, 0.05) is 25.9 Å². The number of nitrogens with zero attached hydrogens (tertiary/aromatic N) is 1. The molecule has 2 saturated carbocycles. The number of nitrogens with two attached hydrogens (primary N) is 1. The zero-order valence-corrected chi connectivity index (χ0v) is 14.5. The van der Waals surface area contributed by atoms with Gasteiger partial charge in [-0.2, -0.15) is 0 Å². The van der Waals surface area contributed by atoms with E-state index in [0.717, 1.165) is 31.4 Å². The summed E-state index contributed by atoms with van der Waals surface area (Å²) in [5.41, 5.74) is 7.74. The van der Waals surface area contributed by atoms with Crippen LogP contribution < -0.4 is 16.0 Å². The highest BCUT2D eigenvalue weighted by Gasteiger charge is 2.40. The van der Waals surface area contributed by atoms with Gasteiger partial charge in [-0.05, 0) is 49.7 Å². The van der Waals surface area contributed by atoms with E-state index in [2.05, 4.69) is 5.32 Å². The second-order valence-corrected chi connectivity index (χ2v) is 7.28. The number of amides is 2. The molecule has 1 aromatic carbocycles. The molecule has 2 unspecified atom stereocenters. The lowest BCUT2D eigenvalue weighted by atomic mass is 9.65. The van der Waals surface area contributed by atoms with E-state index in [0.29, 0.717) is 17.5 Å². The Hall–Kier alpha value is -1.88. The van der Waals surface area contributed by atoms with Crippen LogP contribution in [0.2, 0.25) is 0 Å². The maximum atomic E-state index is 12.8. The number of benzene rings is 1. The van der Waals surface area contributed by atoms with Gasteiger partial charge in [-0.15, -0.1) is 0 Å². The fraction of sp³-hybridized carbons (Fsp3) is 0.579. The van der Waals surface area contributed by atoms with Crippen LogP contribution in [-0.2, 0) is 9.59 Å². The number of carbonyl (C=O) groups excluding carboxylic acids is 2. The molecule has 2 fully saturated rings. The van der Waals surface area contributed by atoms with E-state index < -0.39 is 0 Å². The molecule has 24 heavy (non-hydrogen) atoms. The summed E-state index contributed by atoms with van der Waals surface area (Å²) in [4.78, 5) is 26.0. The van der Waals surface area contributed by atoms with Crippen LogP contribution in [0.1, 0.15) is 39.0 Å². The van der Waals surface area contributed by atoms with E-state index in [1.54, 1.807) is 11.9 Å². The van der Waals surface area contributed by atoms with Crippen LogP contribution >= 0.6 is 0 Å². The van der Waals surface area contributed by atoms with Gasteiger partial charge in [0.15, 0.2) is 0 Å². The maximum absolute atomic E-state index is 12.8. The number of rotatable bonds is 3. The SMILES string of the molecule is CC(=O)N(C)c1ccccc1NC(=O)C1CC2CCCC(C1)C2N. The normalized spacial score (nSPS) is 29.0. The molecule has 3 rings (SSSR count). The number of anilines is 2. The molecule has 0 heterocycles. The zero-order valence-electron chi connectivity index (χ0n) is 14.5. The Morgan fingerprint density at radius 2 is 1.79 bits per heavy atom. The van der Waals surface area contributed by atoms with E-state index >= 15 is 0 Å². The zero-order chi connectivity index (χ0) is 17.3. The minimum atomic E-state index is -0.0603. The quantitative estimate of drug-likeness (QED) is 0.895. The predicted octanol–water partition coefficient (Wildman–Crippen LogP) is 2.76. The van der Waals surface area contributed by atoms with Crippen LogP contribution in [0.4, 0.5) is 11.4 Å². The molecule has 0 spiro atoms. The van der Waals surface area contributed by atoms with Crippen molar-refractivity contribution in [3.05, 3.63) is 24.3 Å². The number of fused-ring (bicyclic) bond motifs is 2. The number of carbonyl (C=O) groups is 2. The number of para-hydroxylation sites is 2. The Morgan fingerprint density at radius 3 is 2.42 bits per heavy atom. The molecule has 2 atom stereocenters. The largest absolute Gasteiger partial charge is 0.327 e. The highest BCUT2D eigenvalue weighted by molar-refractivity contribution is 6.00. The first-order valence-electron chi connectivity index (χ1n) is 8.87. The van der Waals surface area contributed by atoms with Crippen LogP contribution in [0.5, 0.6) is 0 Å². The number of hydrogen-bond acceptors (Lipinski definition) is 3. The van der Waals surface area contributed by atoms with E-state index in [4.69, 9.17) is 5.73 Å². The lowest BCUT2D eigenvalue weighted by Crippen LogP contribution is -2.48. The second-order valence-electron chi connectivity index (χ2n) is 7.28. The standard InChI is InChI=1S/C19H27N3O2/c1-12(23)22(2)17-9-4-3-8-16(17)21-19(24)15-10-13-6-5-7-14(11-15)18(13)20/h3-4,8-9,13-15,18H,5-7,10-11,20H2,1-2H3,(H,21,24). The maximum Gasteiger partial charge on any atom is 0.227 e. The summed E-state index contributed by atoms with van der Waals surface area (Å²) in [6.45, 7) is 1.52. The summed E-state index contributed by atoms with van der Waals surface area (Å²) in [6.07, 6.45) is 5.29. The third-order valence-electron chi connectivity index (χ3n) is 5.78. The van der Waals surface area contributed by atoms with Crippen LogP contribution in [-0.4, -0.2) is 24.9 Å². The summed E-state index contributed by atoms with van der Waals surface area (Å²) in [6, 6.07) is 7.71. The van der Waals surface area contributed by atoms with Gasteiger partial charge in [0.25, 0.3) is 0 Å². The van der Waals surface area contributed by atoms with Crippen molar-refractivity contribution in [3.8, 4) is 0 Å². The van der Waals surface area contributed by atoms with Gasteiger partial charge in [-0.3, -0.25) is 9.59 Å². The van der Waals surface area contributed by atoms with Gasteiger partial charge in [0.1, 0.15) is 0 Å². The monoisotopic (exact) mass is 329 g/mol. The fourth-order valence-corrected chi connectivity index (χ4v) is 4.28. The first kappa shape index (κ1) is 17.0. The van der Waals surface area contributed by atoms with Crippen LogP contribution in [0, 0.1) is 17.8 Å². The molecule has 0 aromatic heterocycles. The Balaban J connectivity index is 1.73. The fourth-order valence-electron chi connectivity index (χ4n) is 4.28. The number of nitrogens with one attached hydrogen (secondary N) is 1. The van der Waals surface area contributed by atoms with Gasteiger partial charge in [0.2, 0.25) is 11.8 Å². The summed E-state index contributed by atoms with van der Waals surface area (Å²) in [7, 11) is 1.72. The topological polar surface area (TPSA) is 75.4 Å². The molecule has 5 nitrogen and oxygen atoms in total.